The molecule has 0 saturated carbocycles. The summed E-state index contributed by atoms with van der Waals surface area (Å²) < 4.78 is 52.0. The van der Waals surface area contributed by atoms with Crippen LogP contribution in [0, 0.1) is 6.92 Å². The first-order valence-electron chi connectivity index (χ1n) is 8.60. The highest BCUT2D eigenvalue weighted by Crippen LogP contribution is 2.43. The van der Waals surface area contributed by atoms with Crippen LogP contribution in [0.4, 0.5) is 13.2 Å². The lowest BCUT2D eigenvalue weighted by Crippen LogP contribution is -2.04. The van der Waals surface area contributed by atoms with E-state index in [9.17, 15) is 13.2 Å². The van der Waals surface area contributed by atoms with Crippen molar-refractivity contribution in [2.75, 3.05) is 14.2 Å². The van der Waals surface area contributed by atoms with Gasteiger partial charge in [0.2, 0.25) is 0 Å². The topological polar surface area (TPSA) is 35.8 Å². The molecule has 0 amide bonds. The fraction of sp³-hybridized carbons (Fsp3) is 0.350. The number of alkyl halides is 3. The normalized spacial score (nSPS) is 11.8. The van der Waals surface area contributed by atoms with Gasteiger partial charge in [-0.1, -0.05) is 13.3 Å². The van der Waals surface area contributed by atoms with Crippen molar-refractivity contribution in [1.29, 1.82) is 0 Å². The van der Waals surface area contributed by atoms with Gasteiger partial charge in [0, 0.05) is 18.0 Å². The second-order valence-electron chi connectivity index (χ2n) is 6.35. The molecule has 2 heterocycles. The Labute approximate surface area is 155 Å². The molecule has 0 N–H and O–H groups in total. The third kappa shape index (κ3) is 3.46. The third-order valence-corrected chi connectivity index (χ3v) is 4.48. The average Bonchev–Trinajstić information content (AvgIpc) is 3.06. The second kappa shape index (κ2) is 7.13. The van der Waals surface area contributed by atoms with E-state index >= 15 is 0 Å². The zero-order chi connectivity index (χ0) is 19.8. The van der Waals surface area contributed by atoms with E-state index in [4.69, 9.17) is 9.47 Å². The lowest BCUT2D eigenvalue weighted by molar-refractivity contribution is -0.140. The number of pyridine rings is 1. The van der Waals surface area contributed by atoms with Crippen molar-refractivity contribution in [3.63, 3.8) is 0 Å². The molecular weight excluding hydrogens is 357 g/mol. The summed E-state index contributed by atoms with van der Waals surface area (Å²) in [4.78, 5) is 3.86. The SMILES string of the molecule is CCCc1cc(OC)c(-c2c(C)ccn3cc(C(F)(F)F)nc23)c(OC)c1. The number of halogens is 3. The monoisotopic (exact) mass is 378 g/mol. The third-order valence-electron chi connectivity index (χ3n) is 4.48. The minimum Gasteiger partial charge on any atom is -0.496 e. The first-order chi connectivity index (χ1) is 12.8. The number of aryl methyl sites for hydroxylation is 2. The van der Waals surface area contributed by atoms with Gasteiger partial charge in [-0.15, -0.1) is 0 Å². The van der Waals surface area contributed by atoms with Crippen molar-refractivity contribution in [1.82, 2.24) is 9.38 Å². The summed E-state index contributed by atoms with van der Waals surface area (Å²) in [5.41, 5.74) is 2.25. The summed E-state index contributed by atoms with van der Waals surface area (Å²) in [5.74, 6) is 1.09. The van der Waals surface area contributed by atoms with Gasteiger partial charge in [0.25, 0.3) is 0 Å². The highest BCUT2D eigenvalue weighted by Gasteiger charge is 2.34. The van der Waals surface area contributed by atoms with E-state index in [1.54, 1.807) is 12.3 Å². The van der Waals surface area contributed by atoms with Crippen LogP contribution < -0.4 is 9.47 Å². The Morgan fingerprint density at radius 3 is 2.22 bits per heavy atom. The Hall–Kier alpha value is -2.70. The predicted molar refractivity (Wildman–Crippen MR) is 97.5 cm³/mol. The van der Waals surface area contributed by atoms with Crippen LogP contribution in [0.2, 0.25) is 0 Å². The summed E-state index contributed by atoms with van der Waals surface area (Å²) in [7, 11) is 3.08. The summed E-state index contributed by atoms with van der Waals surface area (Å²) in [5, 5.41) is 0. The maximum atomic E-state index is 13.2. The Morgan fingerprint density at radius 2 is 1.70 bits per heavy atom. The van der Waals surface area contributed by atoms with Crippen molar-refractivity contribution in [3.8, 4) is 22.6 Å². The van der Waals surface area contributed by atoms with Crippen molar-refractivity contribution in [2.24, 2.45) is 0 Å². The standard InChI is InChI=1S/C20H21F3N2O2/c1-5-6-13-9-14(26-3)18(15(10-13)27-4)17-12(2)7-8-25-11-16(20(21,22)23)24-19(17)25/h7-11H,5-6H2,1-4H3. The molecule has 0 aliphatic rings. The van der Waals surface area contributed by atoms with Crippen LogP contribution in [0.5, 0.6) is 11.5 Å². The molecule has 3 aromatic rings. The van der Waals surface area contributed by atoms with Gasteiger partial charge in [0.15, 0.2) is 5.69 Å². The van der Waals surface area contributed by atoms with E-state index in [2.05, 4.69) is 11.9 Å². The van der Waals surface area contributed by atoms with Crippen LogP contribution in [0.25, 0.3) is 16.8 Å². The first kappa shape index (κ1) is 19.1. The molecular formula is C20H21F3N2O2. The van der Waals surface area contributed by atoms with Gasteiger partial charge in [-0.25, -0.2) is 4.98 Å². The number of imidazole rings is 1. The van der Waals surface area contributed by atoms with E-state index in [1.807, 2.05) is 19.1 Å². The minimum absolute atomic E-state index is 0.210. The number of aromatic nitrogens is 2. The molecule has 0 spiro atoms. The Kier molecular flexibility index (Phi) is 5.04. The van der Waals surface area contributed by atoms with Gasteiger partial charge in [0.05, 0.1) is 19.8 Å². The summed E-state index contributed by atoms with van der Waals surface area (Å²) in [6, 6.07) is 5.55. The van der Waals surface area contributed by atoms with Crippen LogP contribution in [-0.2, 0) is 12.6 Å². The number of nitrogens with zero attached hydrogens (tertiary/aromatic N) is 2. The number of benzene rings is 1. The molecule has 27 heavy (non-hydrogen) atoms. The van der Waals surface area contributed by atoms with Crippen molar-refractivity contribution in [2.45, 2.75) is 32.9 Å². The Bertz CT molecular complexity index is 952. The van der Waals surface area contributed by atoms with E-state index < -0.39 is 11.9 Å². The summed E-state index contributed by atoms with van der Waals surface area (Å²) in [6.45, 7) is 3.90. The van der Waals surface area contributed by atoms with Crippen molar-refractivity contribution in [3.05, 3.63) is 47.4 Å². The van der Waals surface area contributed by atoms with E-state index in [0.29, 0.717) is 22.6 Å². The molecule has 0 bridgehead atoms. The first-order valence-corrected chi connectivity index (χ1v) is 8.60. The number of methoxy groups -OCH3 is 2. The van der Waals surface area contributed by atoms with Crippen LogP contribution >= 0.6 is 0 Å². The molecule has 7 heteroatoms. The Balaban J connectivity index is 2.34. The van der Waals surface area contributed by atoms with Crippen LogP contribution in [0.3, 0.4) is 0 Å². The number of fused-ring (bicyclic) bond motifs is 1. The quantitative estimate of drug-likeness (QED) is 0.605. The maximum absolute atomic E-state index is 13.2. The van der Waals surface area contributed by atoms with Crippen LogP contribution in [0.15, 0.2) is 30.6 Å². The van der Waals surface area contributed by atoms with Gasteiger partial charge in [-0.05, 0) is 42.7 Å². The maximum Gasteiger partial charge on any atom is 0.434 e. The molecule has 2 aromatic heterocycles. The molecule has 0 aliphatic heterocycles. The smallest absolute Gasteiger partial charge is 0.434 e. The minimum atomic E-state index is -4.52. The summed E-state index contributed by atoms with van der Waals surface area (Å²) >= 11 is 0. The molecule has 1 aromatic carbocycles. The van der Waals surface area contributed by atoms with Gasteiger partial charge >= 0.3 is 6.18 Å². The lowest BCUT2D eigenvalue weighted by Gasteiger charge is -2.17. The van der Waals surface area contributed by atoms with Gasteiger partial charge < -0.3 is 13.9 Å². The number of rotatable bonds is 5. The molecule has 0 aliphatic carbocycles. The van der Waals surface area contributed by atoms with Crippen LogP contribution in [-0.4, -0.2) is 23.6 Å². The van der Waals surface area contributed by atoms with Crippen LogP contribution in [0.1, 0.15) is 30.2 Å². The summed E-state index contributed by atoms with van der Waals surface area (Å²) in [6.07, 6.45) is -0.160. The largest absolute Gasteiger partial charge is 0.496 e. The van der Waals surface area contributed by atoms with Gasteiger partial charge in [-0.2, -0.15) is 13.2 Å². The Morgan fingerprint density at radius 1 is 1.07 bits per heavy atom. The van der Waals surface area contributed by atoms with E-state index in [0.717, 1.165) is 30.2 Å². The highest BCUT2D eigenvalue weighted by atomic mass is 19.4. The number of ether oxygens (including phenoxy) is 2. The highest BCUT2D eigenvalue weighted by molar-refractivity contribution is 5.88. The number of hydrogen-bond donors (Lipinski definition) is 0. The van der Waals surface area contributed by atoms with E-state index in [-0.39, 0.29) is 5.65 Å². The fourth-order valence-corrected chi connectivity index (χ4v) is 3.24. The molecule has 144 valence electrons. The molecule has 0 unspecified atom stereocenters. The molecule has 0 atom stereocenters. The lowest BCUT2D eigenvalue weighted by atomic mass is 9.97. The average molecular weight is 378 g/mol. The second-order valence-corrected chi connectivity index (χ2v) is 6.35. The number of hydrogen-bond acceptors (Lipinski definition) is 3. The van der Waals surface area contributed by atoms with Crippen molar-refractivity contribution < 1.29 is 22.6 Å². The molecule has 0 saturated heterocycles. The zero-order valence-corrected chi connectivity index (χ0v) is 15.6. The zero-order valence-electron chi connectivity index (χ0n) is 15.6. The predicted octanol–water partition coefficient (Wildman–Crippen LogP) is 5.30. The molecule has 4 nitrogen and oxygen atoms in total. The molecule has 0 radical (unpaired) electrons. The van der Waals surface area contributed by atoms with E-state index in [1.165, 1.54) is 18.6 Å². The van der Waals surface area contributed by atoms with Gasteiger partial charge in [-0.3, -0.25) is 0 Å². The van der Waals surface area contributed by atoms with Gasteiger partial charge in [0.1, 0.15) is 17.1 Å². The van der Waals surface area contributed by atoms with Crippen molar-refractivity contribution >= 4 is 5.65 Å². The molecule has 0 fully saturated rings. The molecule has 3 rings (SSSR count). The fourth-order valence-electron chi connectivity index (χ4n) is 3.24.